The van der Waals surface area contributed by atoms with Crippen LogP contribution in [0.2, 0.25) is 0 Å². The third kappa shape index (κ3) is 4.21. The van der Waals surface area contributed by atoms with Crippen molar-refractivity contribution in [1.29, 1.82) is 5.26 Å². The number of benzene rings is 1. The van der Waals surface area contributed by atoms with Crippen LogP contribution in [-0.4, -0.2) is 33.1 Å². The number of anilines is 1. The van der Waals surface area contributed by atoms with Crippen molar-refractivity contribution in [2.24, 2.45) is 0 Å². The molecule has 2 rings (SSSR count). The van der Waals surface area contributed by atoms with Gasteiger partial charge in [0.05, 0.1) is 23.4 Å². The second-order valence-electron chi connectivity index (χ2n) is 3.78. The molecular weight excluding hydrogens is 264 g/mol. The molecule has 6 nitrogen and oxygen atoms in total. The number of aromatic nitrogens is 2. The third-order valence-corrected chi connectivity index (χ3v) is 2.76. The van der Waals surface area contributed by atoms with Gasteiger partial charge in [0, 0.05) is 12.2 Å². The maximum Gasteiger partial charge on any atom is 0.245 e. The van der Waals surface area contributed by atoms with Crippen molar-refractivity contribution in [1.82, 2.24) is 8.75 Å². The summed E-state index contributed by atoms with van der Waals surface area (Å²) >= 11 is 1.05. The summed E-state index contributed by atoms with van der Waals surface area (Å²) < 4.78 is 12.9. The molecule has 0 spiro atoms. The number of rotatable bonds is 6. The minimum absolute atomic E-state index is 0.135. The van der Waals surface area contributed by atoms with E-state index in [0.29, 0.717) is 18.0 Å². The zero-order valence-corrected chi connectivity index (χ0v) is 10.8. The first-order valence-corrected chi connectivity index (χ1v) is 6.33. The summed E-state index contributed by atoms with van der Waals surface area (Å²) in [7, 11) is 0. The maximum atomic E-state index is 9.74. The van der Waals surface area contributed by atoms with Crippen LogP contribution < -0.4 is 10.1 Å². The first-order valence-electron chi connectivity index (χ1n) is 5.60. The zero-order chi connectivity index (χ0) is 13.5. The van der Waals surface area contributed by atoms with E-state index < -0.39 is 6.10 Å². The Hall–Kier alpha value is -2.17. The van der Waals surface area contributed by atoms with Gasteiger partial charge < -0.3 is 15.2 Å². The maximum absolute atomic E-state index is 9.74. The fourth-order valence-electron chi connectivity index (χ4n) is 1.39. The summed E-state index contributed by atoms with van der Waals surface area (Å²) in [6.07, 6.45) is 0.828. The highest BCUT2D eigenvalue weighted by Gasteiger charge is 2.06. The normalized spacial score (nSPS) is 11.6. The molecule has 1 aromatic heterocycles. The van der Waals surface area contributed by atoms with Gasteiger partial charge in [-0.1, -0.05) is 6.07 Å². The molecule has 0 saturated carbocycles. The van der Waals surface area contributed by atoms with Gasteiger partial charge in [-0.2, -0.15) is 9.64 Å². The number of aliphatic hydroxyl groups excluding tert-OH is 1. The molecule has 0 radical (unpaired) electrons. The van der Waals surface area contributed by atoms with Crippen molar-refractivity contribution in [2.45, 2.75) is 6.10 Å². The van der Waals surface area contributed by atoms with E-state index >= 15 is 0 Å². The number of hydrogen-bond acceptors (Lipinski definition) is 7. The molecule has 19 heavy (non-hydrogen) atoms. The molecule has 0 fully saturated rings. The fraction of sp³-hybridized carbons (Fsp3) is 0.250. The topological polar surface area (TPSA) is 91.1 Å². The molecule has 2 N–H and O–H groups in total. The average molecular weight is 276 g/mol. The Labute approximate surface area is 114 Å². The van der Waals surface area contributed by atoms with Crippen molar-refractivity contribution in [3.05, 3.63) is 36.0 Å². The Morgan fingerprint density at radius 2 is 2.42 bits per heavy atom. The number of nitrogens with zero attached hydrogens (tertiary/aromatic N) is 3. The number of aliphatic hydroxyl groups is 1. The van der Waals surface area contributed by atoms with Gasteiger partial charge in [0.1, 0.15) is 18.9 Å². The van der Waals surface area contributed by atoms with Crippen LogP contribution in [0.15, 0.2) is 30.5 Å². The first-order chi connectivity index (χ1) is 9.28. The molecular formula is C12H12N4O2S. The molecule has 0 aliphatic heterocycles. The lowest BCUT2D eigenvalue weighted by Gasteiger charge is -2.12. The molecule has 98 valence electrons. The number of ether oxygens (including phenoxy) is 1. The van der Waals surface area contributed by atoms with Crippen molar-refractivity contribution >= 4 is 17.4 Å². The number of nitriles is 1. The van der Waals surface area contributed by atoms with Gasteiger partial charge in [0.2, 0.25) is 5.88 Å². The van der Waals surface area contributed by atoms with Gasteiger partial charge in [-0.25, -0.2) is 0 Å². The second-order valence-corrected chi connectivity index (χ2v) is 4.34. The van der Waals surface area contributed by atoms with E-state index in [1.165, 1.54) is 6.20 Å². The van der Waals surface area contributed by atoms with Crippen LogP contribution >= 0.6 is 11.7 Å². The Kier molecular flexibility index (Phi) is 4.66. The lowest BCUT2D eigenvalue weighted by atomic mass is 10.2. The molecule has 7 heteroatoms. The molecule has 1 aromatic carbocycles. The predicted molar refractivity (Wildman–Crippen MR) is 71.1 cm³/mol. The molecule has 1 unspecified atom stereocenters. The number of nitrogens with one attached hydrogen (secondary N) is 1. The molecule has 0 bridgehead atoms. The van der Waals surface area contributed by atoms with E-state index in [4.69, 9.17) is 10.00 Å². The summed E-state index contributed by atoms with van der Waals surface area (Å²) in [6, 6.07) is 9.11. The molecule has 0 aliphatic rings. The smallest absolute Gasteiger partial charge is 0.245 e. The monoisotopic (exact) mass is 276 g/mol. The fourth-order valence-corrected chi connectivity index (χ4v) is 1.76. The van der Waals surface area contributed by atoms with Crippen molar-refractivity contribution in [3.8, 4) is 11.9 Å². The minimum Gasteiger partial charge on any atom is -0.473 e. The van der Waals surface area contributed by atoms with Crippen LogP contribution in [0, 0.1) is 11.3 Å². The van der Waals surface area contributed by atoms with Crippen LogP contribution in [0.1, 0.15) is 5.56 Å². The van der Waals surface area contributed by atoms with Gasteiger partial charge in [-0.3, -0.25) is 0 Å². The van der Waals surface area contributed by atoms with E-state index in [2.05, 4.69) is 20.1 Å². The minimum atomic E-state index is -0.674. The van der Waals surface area contributed by atoms with E-state index in [9.17, 15) is 5.11 Å². The Morgan fingerprint density at radius 3 is 3.16 bits per heavy atom. The number of hydrogen-bond donors (Lipinski definition) is 2. The van der Waals surface area contributed by atoms with Crippen LogP contribution in [0.5, 0.6) is 5.88 Å². The average Bonchev–Trinajstić information content (AvgIpc) is 2.96. The highest BCUT2D eigenvalue weighted by molar-refractivity contribution is 6.99. The van der Waals surface area contributed by atoms with Gasteiger partial charge in [-0.15, -0.1) is 4.37 Å². The van der Waals surface area contributed by atoms with E-state index in [-0.39, 0.29) is 6.61 Å². The van der Waals surface area contributed by atoms with Crippen molar-refractivity contribution in [3.63, 3.8) is 0 Å². The molecule has 1 heterocycles. The van der Waals surface area contributed by atoms with Crippen molar-refractivity contribution in [2.75, 3.05) is 18.5 Å². The Morgan fingerprint density at radius 1 is 1.53 bits per heavy atom. The zero-order valence-electron chi connectivity index (χ0n) is 9.98. The van der Waals surface area contributed by atoms with Gasteiger partial charge >= 0.3 is 0 Å². The van der Waals surface area contributed by atoms with Crippen molar-refractivity contribution < 1.29 is 9.84 Å². The summed E-state index contributed by atoms with van der Waals surface area (Å²) in [4.78, 5) is 0. The Bertz CT molecular complexity index is 553. The third-order valence-electron chi connectivity index (χ3n) is 2.30. The summed E-state index contributed by atoms with van der Waals surface area (Å²) in [5, 5.41) is 21.5. The standard InChI is InChI=1S/C12H12N4O2S/c13-5-9-2-1-3-10(4-9)14-6-11(17)8-18-12-7-15-19-16-12/h1-4,7,11,14,17H,6,8H2. The summed E-state index contributed by atoms with van der Waals surface area (Å²) in [5.74, 6) is 0.413. The molecule has 0 amide bonds. The van der Waals surface area contributed by atoms with Gasteiger partial charge in [0.25, 0.3) is 0 Å². The highest BCUT2D eigenvalue weighted by atomic mass is 32.1. The predicted octanol–water partition coefficient (Wildman–Crippen LogP) is 1.26. The van der Waals surface area contributed by atoms with Crippen LogP contribution in [0.3, 0.4) is 0 Å². The van der Waals surface area contributed by atoms with E-state index in [1.807, 2.05) is 6.07 Å². The SMILES string of the molecule is N#Cc1cccc(NCC(O)COc2cnsn2)c1. The molecule has 0 aliphatic carbocycles. The van der Waals surface area contributed by atoms with Crippen LogP contribution in [0.25, 0.3) is 0 Å². The lowest BCUT2D eigenvalue weighted by Crippen LogP contribution is -2.26. The highest BCUT2D eigenvalue weighted by Crippen LogP contribution is 2.10. The van der Waals surface area contributed by atoms with Crippen LogP contribution in [-0.2, 0) is 0 Å². The lowest BCUT2D eigenvalue weighted by molar-refractivity contribution is 0.115. The summed E-state index contributed by atoms with van der Waals surface area (Å²) in [5.41, 5.74) is 1.36. The summed E-state index contributed by atoms with van der Waals surface area (Å²) in [6.45, 7) is 0.461. The van der Waals surface area contributed by atoms with Gasteiger partial charge in [-0.05, 0) is 18.2 Å². The molecule has 1 atom stereocenters. The quantitative estimate of drug-likeness (QED) is 0.825. The molecule has 2 aromatic rings. The second kappa shape index (κ2) is 6.68. The Balaban J connectivity index is 1.76. The van der Waals surface area contributed by atoms with E-state index in [0.717, 1.165) is 17.4 Å². The van der Waals surface area contributed by atoms with Gasteiger partial charge in [0.15, 0.2) is 0 Å². The first kappa shape index (κ1) is 13.3. The molecule has 0 saturated heterocycles. The largest absolute Gasteiger partial charge is 0.473 e. The van der Waals surface area contributed by atoms with E-state index in [1.54, 1.807) is 18.2 Å². The van der Waals surface area contributed by atoms with Crippen LogP contribution in [0.4, 0.5) is 5.69 Å².